The van der Waals surface area contributed by atoms with Gasteiger partial charge in [0.1, 0.15) is 5.82 Å². The number of aromatic nitrogens is 3. The van der Waals surface area contributed by atoms with Crippen LogP contribution in [0.3, 0.4) is 0 Å². The Morgan fingerprint density at radius 3 is 2.55 bits per heavy atom. The van der Waals surface area contributed by atoms with Gasteiger partial charge in [0.25, 0.3) is 5.91 Å². The summed E-state index contributed by atoms with van der Waals surface area (Å²) in [5, 5.41) is 11.8. The van der Waals surface area contributed by atoms with Crippen LogP contribution in [0.2, 0.25) is 0 Å². The molecule has 2 heterocycles. The number of carbonyl (C=O) groups is 1. The van der Waals surface area contributed by atoms with E-state index >= 15 is 0 Å². The highest BCUT2D eigenvalue weighted by molar-refractivity contribution is 6.04. The van der Waals surface area contributed by atoms with Crippen LogP contribution in [0.5, 0.6) is 0 Å². The molecule has 1 aliphatic rings. The predicted octanol–water partition coefficient (Wildman–Crippen LogP) is 5.22. The Hall–Kier alpha value is -2.95. The average Bonchev–Trinajstić information content (AvgIpc) is 2.96. The van der Waals surface area contributed by atoms with E-state index in [1.165, 1.54) is 18.4 Å². The highest BCUT2D eigenvalue weighted by atomic mass is 16.1. The third kappa shape index (κ3) is 4.24. The highest BCUT2D eigenvalue weighted by Gasteiger charge is 2.17. The number of carbonyl (C=O) groups excluding carboxylic acids is 1. The van der Waals surface area contributed by atoms with Gasteiger partial charge in [0, 0.05) is 29.8 Å². The van der Waals surface area contributed by atoms with Gasteiger partial charge in [-0.1, -0.05) is 51.5 Å². The zero-order chi connectivity index (χ0) is 20.4. The largest absolute Gasteiger partial charge is 0.322 e. The van der Waals surface area contributed by atoms with Crippen LogP contribution in [0.25, 0.3) is 11.4 Å². The monoisotopic (exact) mass is 388 g/mol. The van der Waals surface area contributed by atoms with E-state index in [9.17, 15) is 4.79 Å². The maximum absolute atomic E-state index is 12.7. The number of aryl methyl sites for hydroxylation is 1. The fourth-order valence-corrected chi connectivity index (χ4v) is 3.76. The smallest absolute Gasteiger partial charge is 0.255 e. The number of benzene rings is 2. The maximum Gasteiger partial charge on any atom is 0.255 e. The van der Waals surface area contributed by atoms with Gasteiger partial charge >= 0.3 is 0 Å². The first kappa shape index (κ1) is 19.4. The van der Waals surface area contributed by atoms with Crippen molar-refractivity contribution in [1.82, 2.24) is 14.8 Å². The van der Waals surface area contributed by atoms with Crippen LogP contribution in [0.1, 0.15) is 61.8 Å². The third-order valence-electron chi connectivity index (χ3n) is 5.50. The molecule has 2 aromatic carbocycles. The van der Waals surface area contributed by atoms with Crippen LogP contribution in [0.15, 0.2) is 48.5 Å². The van der Waals surface area contributed by atoms with Crippen molar-refractivity contribution >= 4 is 11.6 Å². The number of fused-ring (bicyclic) bond motifs is 1. The van der Waals surface area contributed by atoms with E-state index in [1.54, 1.807) is 0 Å². The van der Waals surface area contributed by atoms with E-state index in [2.05, 4.69) is 40.9 Å². The van der Waals surface area contributed by atoms with Crippen LogP contribution in [0, 0.1) is 0 Å². The topological polar surface area (TPSA) is 59.8 Å². The van der Waals surface area contributed by atoms with E-state index in [0.717, 1.165) is 42.3 Å². The molecule has 0 atom stereocenters. The Balaban J connectivity index is 1.54. The molecule has 1 aromatic heterocycles. The molecule has 0 fully saturated rings. The van der Waals surface area contributed by atoms with Gasteiger partial charge in [-0.05, 0) is 48.1 Å². The van der Waals surface area contributed by atoms with E-state index < -0.39 is 0 Å². The molecule has 4 rings (SSSR count). The molecule has 0 saturated carbocycles. The number of anilines is 1. The van der Waals surface area contributed by atoms with Crippen LogP contribution >= 0.6 is 0 Å². The van der Waals surface area contributed by atoms with Gasteiger partial charge in [-0.2, -0.15) is 0 Å². The lowest BCUT2D eigenvalue weighted by Gasteiger charge is -2.19. The van der Waals surface area contributed by atoms with Crippen LogP contribution in [-0.4, -0.2) is 20.7 Å². The summed E-state index contributed by atoms with van der Waals surface area (Å²) >= 11 is 0. The summed E-state index contributed by atoms with van der Waals surface area (Å²) in [5.74, 6) is 1.83. The van der Waals surface area contributed by atoms with Crippen molar-refractivity contribution < 1.29 is 4.79 Å². The molecule has 1 aliphatic heterocycles. The maximum atomic E-state index is 12.7. The number of hydrogen-bond donors (Lipinski definition) is 1. The van der Waals surface area contributed by atoms with Crippen molar-refractivity contribution in [2.75, 3.05) is 5.32 Å². The molecule has 3 aromatic rings. The zero-order valence-corrected chi connectivity index (χ0v) is 17.4. The highest BCUT2D eigenvalue weighted by Crippen LogP contribution is 2.26. The fraction of sp³-hybridized carbons (Fsp3) is 0.375. The zero-order valence-electron chi connectivity index (χ0n) is 17.4. The minimum atomic E-state index is -0.109. The molecule has 5 nitrogen and oxygen atoms in total. The second-order valence-electron chi connectivity index (χ2n) is 8.76. The van der Waals surface area contributed by atoms with Crippen LogP contribution in [-0.2, 0) is 18.4 Å². The minimum absolute atomic E-state index is 0.0690. The molecule has 1 amide bonds. The summed E-state index contributed by atoms with van der Waals surface area (Å²) in [6.07, 6.45) is 4.53. The van der Waals surface area contributed by atoms with Gasteiger partial charge in [0.05, 0.1) is 0 Å². The first-order valence-electron chi connectivity index (χ1n) is 10.4. The van der Waals surface area contributed by atoms with Gasteiger partial charge in [-0.15, -0.1) is 10.2 Å². The van der Waals surface area contributed by atoms with E-state index in [-0.39, 0.29) is 11.3 Å². The van der Waals surface area contributed by atoms with Gasteiger partial charge in [-0.25, -0.2) is 0 Å². The van der Waals surface area contributed by atoms with Crippen LogP contribution < -0.4 is 5.32 Å². The molecule has 0 saturated heterocycles. The first-order valence-corrected chi connectivity index (χ1v) is 10.4. The Bertz CT molecular complexity index is 1010. The van der Waals surface area contributed by atoms with Gasteiger partial charge in [-0.3, -0.25) is 4.79 Å². The minimum Gasteiger partial charge on any atom is -0.322 e. The van der Waals surface area contributed by atoms with E-state index in [0.29, 0.717) is 5.56 Å². The number of nitrogens with one attached hydrogen (secondary N) is 1. The molecule has 0 spiro atoms. The van der Waals surface area contributed by atoms with Crippen molar-refractivity contribution in [2.45, 2.75) is 58.4 Å². The lowest BCUT2D eigenvalue weighted by Crippen LogP contribution is -2.14. The molecule has 150 valence electrons. The molecule has 5 heteroatoms. The Morgan fingerprint density at radius 1 is 1.00 bits per heavy atom. The molecule has 0 unspecified atom stereocenters. The number of amides is 1. The normalized spacial score (nSPS) is 14.2. The van der Waals surface area contributed by atoms with Gasteiger partial charge < -0.3 is 9.88 Å². The average molecular weight is 389 g/mol. The standard InChI is InChI=1S/C24H28N4O/c1-24(2,3)19-13-11-17(12-14-19)23(29)25-20-9-7-8-18(16-20)22-27-26-21-10-5-4-6-15-28(21)22/h7-9,11-14,16H,4-6,10,15H2,1-3H3,(H,25,29). The van der Waals surface area contributed by atoms with Crippen molar-refractivity contribution in [3.05, 3.63) is 65.5 Å². The lowest BCUT2D eigenvalue weighted by molar-refractivity contribution is 0.102. The molecule has 29 heavy (non-hydrogen) atoms. The van der Waals surface area contributed by atoms with Crippen molar-refractivity contribution in [2.24, 2.45) is 0 Å². The van der Waals surface area contributed by atoms with Crippen molar-refractivity contribution in [1.29, 1.82) is 0 Å². The Labute approximate surface area is 172 Å². The number of nitrogens with zero attached hydrogens (tertiary/aromatic N) is 3. The second-order valence-corrected chi connectivity index (χ2v) is 8.76. The summed E-state index contributed by atoms with van der Waals surface area (Å²) in [7, 11) is 0. The molecular weight excluding hydrogens is 360 g/mol. The van der Waals surface area contributed by atoms with E-state index in [1.807, 2.05) is 48.5 Å². The fourth-order valence-electron chi connectivity index (χ4n) is 3.76. The van der Waals surface area contributed by atoms with Gasteiger partial charge in [0.15, 0.2) is 5.82 Å². The number of hydrogen-bond acceptors (Lipinski definition) is 3. The van der Waals surface area contributed by atoms with E-state index in [4.69, 9.17) is 0 Å². The molecule has 0 radical (unpaired) electrons. The number of rotatable bonds is 3. The molecule has 1 N–H and O–H groups in total. The predicted molar refractivity (Wildman–Crippen MR) is 116 cm³/mol. The molecule has 0 bridgehead atoms. The lowest BCUT2D eigenvalue weighted by atomic mass is 9.87. The quantitative estimate of drug-likeness (QED) is 0.669. The second kappa shape index (κ2) is 7.82. The van der Waals surface area contributed by atoms with Crippen molar-refractivity contribution in [3.8, 4) is 11.4 Å². The summed E-state index contributed by atoms with van der Waals surface area (Å²) in [6.45, 7) is 7.45. The third-order valence-corrected chi connectivity index (χ3v) is 5.50. The van der Waals surface area contributed by atoms with Crippen LogP contribution in [0.4, 0.5) is 5.69 Å². The summed E-state index contributed by atoms with van der Waals surface area (Å²) < 4.78 is 2.22. The Morgan fingerprint density at radius 2 is 1.79 bits per heavy atom. The molecule has 0 aliphatic carbocycles. The first-order chi connectivity index (χ1) is 13.9. The summed E-state index contributed by atoms with van der Waals surface area (Å²) in [6, 6.07) is 15.7. The Kier molecular flexibility index (Phi) is 5.22. The summed E-state index contributed by atoms with van der Waals surface area (Å²) in [5.41, 5.74) is 3.67. The molecular formula is C24H28N4O. The van der Waals surface area contributed by atoms with Crippen molar-refractivity contribution in [3.63, 3.8) is 0 Å². The van der Waals surface area contributed by atoms with Gasteiger partial charge in [0.2, 0.25) is 0 Å². The SMILES string of the molecule is CC(C)(C)c1ccc(C(=O)Nc2cccc(-c3nnc4n3CCCCC4)c2)cc1. The summed E-state index contributed by atoms with van der Waals surface area (Å²) in [4.78, 5) is 12.7.